The third-order valence-electron chi connectivity index (χ3n) is 9.87. The van der Waals surface area contributed by atoms with E-state index in [1.165, 1.54) is 0 Å². The number of nitrogens with one attached hydrogen (secondary N) is 2. The topological polar surface area (TPSA) is 108 Å². The van der Waals surface area contributed by atoms with E-state index in [4.69, 9.17) is 37.9 Å². The lowest BCUT2D eigenvalue weighted by Gasteiger charge is -2.36. The lowest BCUT2D eigenvalue weighted by atomic mass is 9.99. The normalized spacial score (nSPS) is 15.7. The van der Waals surface area contributed by atoms with Crippen LogP contribution in [0.3, 0.4) is 0 Å². The first-order valence-corrected chi connectivity index (χ1v) is 17.8. The third-order valence-corrected chi connectivity index (χ3v) is 10.4. The average molecular weight is 721 g/mol. The van der Waals surface area contributed by atoms with Gasteiger partial charge < -0.3 is 29.4 Å². The molecule has 0 bridgehead atoms. The maximum absolute atomic E-state index is 14.6. The quantitative estimate of drug-likeness (QED) is 0.163. The van der Waals surface area contributed by atoms with E-state index < -0.39 is 0 Å². The fourth-order valence-corrected chi connectivity index (χ4v) is 7.55. The number of imidazole rings is 1. The molecule has 1 unspecified atom stereocenters. The number of cyclic esters (lactones) is 1. The number of halogens is 2. The van der Waals surface area contributed by atoms with Crippen molar-refractivity contribution < 1.29 is 14.3 Å². The van der Waals surface area contributed by atoms with Gasteiger partial charge in [0.2, 0.25) is 0 Å². The van der Waals surface area contributed by atoms with Crippen LogP contribution in [0, 0.1) is 0 Å². The number of carbonyl (C=O) groups excluding carboxylic acids is 2. The van der Waals surface area contributed by atoms with Gasteiger partial charge in [-0.1, -0.05) is 71.7 Å². The van der Waals surface area contributed by atoms with Gasteiger partial charge >= 0.3 is 6.09 Å². The molecule has 2 saturated heterocycles. The fourth-order valence-electron chi connectivity index (χ4n) is 7.26. The Morgan fingerprint density at radius 1 is 0.941 bits per heavy atom. The van der Waals surface area contributed by atoms with Crippen molar-refractivity contribution in [3.8, 4) is 22.5 Å². The Morgan fingerprint density at radius 2 is 1.71 bits per heavy atom. The minimum Gasteiger partial charge on any atom is -0.448 e. The van der Waals surface area contributed by atoms with Crippen molar-refractivity contribution in [1.82, 2.24) is 24.4 Å². The van der Waals surface area contributed by atoms with Crippen molar-refractivity contribution >= 4 is 57.6 Å². The molecule has 2 aliphatic rings. The second kappa shape index (κ2) is 13.8. The molecule has 2 N–H and O–H groups in total. The van der Waals surface area contributed by atoms with Crippen molar-refractivity contribution in [3.63, 3.8) is 0 Å². The predicted octanol–water partition coefficient (Wildman–Crippen LogP) is 8.68. The number of benzene rings is 3. The maximum atomic E-state index is 14.6. The molecule has 0 radical (unpaired) electrons. The van der Waals surface area contributed by atoms with Crippen LogP contribution in [-0.4, -0.2) is 68.7 Å². The van der Waals surface area contributed by atoms with Gasteiger partial charge in [-0.05, 0) is 61.7 Å². The van der Waals surface area contributed by atoms with Gasteiger partial charge in [0.05, 0.1) is 36.0 Å². The summed E-state index contributed by atoms with van der Waals surface area (Å²) in [7, 11) is 0. The third kappa shape index (κ3) is 6.30. The molecule has 3 aromatic heterocycles. The number of anilines is 2. The van der Waals surface area contributed by atoms with Crippen LogP contribution in [0.1, 0.15) is 41.9 Å². The number of fused-ring (bicyclic) bond motifs is 1. The maximum Gasteiger partial charge on any atom is 0.410 e. The number of amides is 2. The van der Waals surface area contributed by atoms with Crippen LogP contribution in [-0.2, 0) is 4.74 Å². The molecule has 1 atom stereocenters. The van der Waals surface area contributed by atoms with Crippen LogP contribution < -0.4 is 10.2 Å². The number of H-pyrrole nitrogens is 1. The summed E-state index contributed by atoms with van der Waals surface area (Å²) in [6.07, 6.45) is 4.88. The number of aromatic amines is 1. The minimum absolute atomic E-state index is 0.123. The highest BCUT2D eigenvalue weighted by molar-refractivity contribution is 6.31. The van der Waals surface area contributed by atoms with Crippen molar-refractivity contribution in [2.75, 3.05) is 36.5 Å². The van der Waals surface area contributed by atoms with Crippen LogP contribution in [0.2, 0.25) is 10.0 Å². The Labute approximate surface area is 305 Å². The van der Waals surface area contributed by atoms with Crippen molar-refractivity contribution in [2.45, 2.75) is 31.8 Å². The van der Waals surface area contributed by atoms with Gasteiger partial charge in [0, 0.05) is 57.4 Å². The molecular weight excluding hydrogens is 685 g/mol. The summed E-state index contributed by atoms with van der Waals surface area (Å²) in [4.78, 5) is 43.8. The number of hydrogen-bond donors (Lipinski definition) is 2. The fraction of sp³-hybridized carbons (Fsp3) is 0.231. The molecule has 0 aliphatic carbocycles. The Bertz CT molecular complexity index is 2230. The highest BCUT2D eigenvalue weighted by Gasteiger charge is 2.33. The smallest absolute Gasteiger partial charge is 0.410 e. The number of carbonyl (C=O) groups is 2. The van der Waals surface area contributed by atoms with Gasteiger partial charge in [-0.2, -0.15) is 0 Å². The lowest BCUT2D eigenvalue weighted by molar-refractivity contribution is 0.102. The van der Waals surface area contributed by atoms with Crippen LogP contribution in [0.5, 0.6) is 0 Å². The zero-order chi connectivity index (χ0) is 35.1. The zero-order valence-corrected chi connectivity index (χ0v) is 29.4. The van der Waals surface area contributed by atoms with E-state index in [1.807, 2.05) is 96.2 Å². The van der Waals surface area contributed by atoms with E-state index in [0.29, 0.717) is 59.0 Å². The molecular formula is C39H35Cl2N7O3. The van der Waals surface area contributed by atoms with E-state index in [0.717, 1.165) is 46.3 Å². The summed E-state index contributed by atoms with van der Waals surface area (Å²) >= 11 is 12.7. The SMILES string of the molecule is CC(c1ccc(Cl)cc1)n1cnc(-c2ccccc2)c1-c1c(C(=O)Nc2cccnc2N2CCC(N3CCOC3=O)CC2)[nH]c2cc(Cl)ccc12. The van der Waals surface area contributed by atoms with Gasteiger partial charge in [0.1, 0.15) is 12.3 Å². The predicted molar refractivity (Wildman–Crippen MR) is 201 cm³/mol. The number of rotatable bonds is 8. The van der Waals surface area contributed by atoms with E-state index in [9.17, 15) is 9.59 Å². The summed E-state index contributed by atoms with van der Waals surface area (Å²) in [5, 5.41) is 5.23. The Hall–Kier alpha value is -5.32. The number of hydrogen-bond acceptors (Lipinski definition) is 6. The van der Waals surface area contributed by atoms with Crippen LogP contribution in [0.15, 0.2) is 97.5 Å². The van der Waals surface area contributed by atoms with Crippen molar-refractivity contribution in [3.05, 3.63) is 119 Å². The molecule has 2 aliphatic heterocycles. The number of nitrogens with zero attached hydrogens (tertiary/aromatic N) is 5. The number of piperidine rings is 1. The summed E-state index contributed by atoms with van der Waals surface area (Å²) in [5.74, 6) is 0.354. The summed E-state index contributed by atoms with van der Waals surface area (Å²) in [5.41, 5.74) is 5.89. The first kappa shape index (κ1) is 32.9. The Balaban J connectivity index is 1.19. The van der Waals surface area contributed by atoms with Gasteiger partial charge in [0.15, 0.2) is 5.82 Å². The Morgan fingerprint density at radius 3 is 2.45 bits per heavy atom. The van der Waals surface area contributed by atoms with Crippen LogP contribution in [0.4, 0.5) is 16.3 Å². The molecule has 0 saturated carbocycles. The van der Waals surface area contributed by atoms with E-state index in [-0.39, 0.29) is 24.1 Å². The van der Waals surface area contributed by atoms with Crippen LogP contribution in [0.25, 0.3) is 33.4 Å². The molecule has 2 fully saturated rings. The minimum atomic E-state index is -0.327. The molecule has 51 heavy (non-hydrogen) atoms. The first-order chi connectivity index (χ1) is 24.9. The highest BCUT2D eigenvalue weighted by atomic mass is 35.5. The van der Waals surface area contributed by atoms with Crippen molar-refractivity contribution in [2.24, 2.45) is 0 Å². The second-order valence-electron chi connectivity index (χ2n) is 12.9. The largest absolute Gasteiger partial charge is 0.448 e. The molecule has 0 spiro atoms. The molecule has 12 heteroatoms. The summed E-state index contributed by atoms with van der Waals surface area (Å²) < 4.78 is 7.28. The molecule has 2 amide bonds. The summed E-state index contributed by atoms with van der Waals surface area (Å²) in [6, 6.07) is 27.0. The van der Waals surface area contributed by atoms with E-state index >= 15 is 0 Å². The van der Waals surface area contributed by atoms with Gasteiger partial charge in [-0.25, -0.2) is 14.8 Å². The van der Waals surface area contributed by atoms with Crippen molar-refractivity contribution in [1.29, 1.82) is 0 Å². The lowest BCUT2D eigenvalue weighted by Crippen LogP contribution is -2.45. The van der Waals surface area contributed by atoms with E-state index in [1.54, 1.807) is 6.20 Å². The monoisotopic (exact) mass is 719 g/mol. The molecule has 5 heterocycles. The van der Waals surface area contributed by atoms with E-state index in [2.05, 4.69) is 26.7 Å². The Kier molecular flexibility index (Phi) is 8.87. The highest BCUT2D eigenvalue weighted by Crippen LogP contribution is 2.42. The second-order valence-corrected chi connectivity index (χ2v) is 13.7. The van der Waals surface area contributed by atoms with Gasteiger partial charge in [0.25, 0.3) is 5.91 Å². The molecule has 258 valence electrons. The number of pyridine rings is 1. The molecule has 8 rings (SSSR count). The van der Waals surface area contributed by atoms with Gasteiger partial charge in [-0.15, -0.1) is 0 Å². The number of ether oxygens (including phenoxy) is 1. The average Bonchev–Trinajstić information content (AvgIpc) is 3.89. The standard InChI is InChI=1S/C39H35Cl2N7O3/c1-24(25-9-11-27(40)12-10-25)48-23-43-34(26-6-3-2-4-7-26)36(48)33-30-14-13-28(41)22-32(30)44-35(33)38(49)45-31-8-5-17-42-37(31)46-18-15-29(16-19-46)47-20-21-51-39(47)50/h2-14,17,22-24,29,44H,15-16,18-21H2,1H3,(H,45,49). The van der Waals surface area contributed by atoms with Gasteiger partial charge in [-0.3, -0.25) is 4.79 Å². The van der Waals surface area contributed by atoms with Crippen LogP contribution >= 0.6 is 23.2 Å². The molecule has 3 aromatic carbocycles. The first-order valence-electron chi connectivity index (χ1n) is 17.0. The molecule has 6 aromatic rings. The molecule has 10 nitrogen and oxygen atoms in total. The summed E-state index contributed by atoms with van der Waals surface area (Å²) in [6.45, 7) is 4.53. The zero-order valence-electron chi connectivity index (χ0n) is 27.9. The number of aromatic nitrogens is 4.